The van der Waals surface area contributed by atoms with Gasteiger partial charge >= 0.3 is 0 Å². The maximum Gasteiger partial charge on any atom is 0.122 e. The first kappa shape index (κ1) is 16.5. The lowest BCUT2D eigenvalue weighted by Gasteiger charge is -2.29. The van der Waals surface area contributed by atoms with E-state index >= 15 is 4.39 Å². The number of hydrogen-bond acceptors (Lipinski definition) is 1. The molecule has 1 heterocycles. The molecule has 1 aliphatic carbocycles. The Morgan fingerprint density at radius 3 is 2.60 bits per heavy atom. The van der Waals surface area contributed by atoms with Crippen LogP contribution in [0.2, 0.25) is 0 Å². The Labute approximate surface area is 150 Å². The molecular formula is C23H26FN. The standard InChI is InChI=1S/C23H26FN/c1-18-7-8-21-15-23(24,16-22(21)13-18)14-19-9-11-25(12-10-19)17-20-5-3-2-4-6-20/h2-9,13H,10-12,14-17H2,1H3. The first-order valence-corrected chi connectivity index (χ1v) is 9.31. The van der Waals surface area contributed by atoms with Gasteiger partial charge in [-0.2, -0.15) is 0 Å². The maximum atomic E-state index is 15.4. The molecule has 0 amide bonds. The summed E-state index contributed by atoms with van der Waals surface area (Å²) in [5.74, 6) is 0. The average molecular weight is 335 g/mol. The molecule has 1 nitrogen and oxygen atoms in total. The molecule has 2 heteroatoms. The molecule has 1 atom stereocenters. The summed E-state index contributed by atoms with van der Waals surface area (Å²) >= 11 is 0. The van der Waals surface area contributed by atoms with Crippen molar-refractivity contribution in [1.29, 1.82) is 0 Å². The monoisotopic (exact) mass is 335 g/mol. The highest BCUT2D eigenvalue weighted by molar-refractivity contribution is 5.39. The van der Waals surface area contributed by atoms with E-state index in [1.54, 1.807) is 0 Å². The van der Waals surface area contributed by atoms with E-state index in [1.807, 2.05) is 0 Å². The van der Waals surface area contributed by atoms with Crippen molar-refractivity contribution in [3.63, 3.8) is 0 Å². The van der Waals surface area contributed by atoms with Crippen LogP contribution in [-0.4, -0.2) is 23.7 Å². The molecule has 2 aromatic carbocycles. The zero-order valence-corrected chi connectivity index (χ0v) is 15.0. The minimum absolute atomic E-state index is 0.577. The molecule has 0 bridgehead atoms. The quantitative estimate of drug-likeness (QED) is 0.709. The smallest absolute Gasteiger partial charge is 0.122 e. The van der Waals surface area contributed by atoms with E-state index in [9.17, 15) is 0 Å². The Balaban J connectivity index is 1.36. The fraction of sp³-hybridized carbons (Fsp3) is 0.391. The van der Waals surface area contributed by atoms with E-state index in [4.69, 9.17) is 0 Å². The molecular weight excluding hydrogens is 309 g/mol. The summed E-state index contributed by atoms with van der Waals surface area (Å²) in [6.45, 7) is 5.04. The summed E-state index contributed by atoms with van der Waals surface area (Å²) in [7, 11) is 0. The Morgan fingerprint density at radius 2 is 1.84 bits per heavy atom. The molecule has 2 aromatic rings. The highest BCUT2D eigenvalue weighted by Gasteiger charge is 2.38. The van der Waals surface area contributed by atoms with Crippen LogP contribution in [0.4, 0.5) is 4.39 Å². The van der Waals surface area contributed by atoms with Gasteiger partial charge < -0.3 is 0 Å². The van der Waals surface area contributed by atoms with Crippen LogP contribution in [0.1, 0.15) is 35.1 Å². The zero-order chi connectivity index (χ0) is 17.3. The van der Waals surface area contributed by atoms with Crippen LogP contribution in [0.25, 0.3) is 0 Å². The van der Waals surface area contributed by atoms with Gasteiger partial charge in [-0.1, -0.05) is 65.7 Å². The summed E-state index contributed by atoms with van der Waals surface area (Å²) in [4.78, 5) is 2.44. The van der Waals surface area contributed by atoms with Crippen molar-refractivity contribution in [2.24, 2.45) is 0 Å². The van der Waals surface area contributed by atoms with E-state index in [2.05, 4.69) is 66.4 Å². The first-order valence-electron chi connectivity index (χ1n) is 9.31. The zero-order valence-electron chi connectivity index (χ0n) is 15.0. The number of aryl methyl sites for hydroxylation is 1. The number of rotatable bonds is 4. The Morgan fingerprint density at radius 1 is 1.04 bits per heavy atom. The average Bonchev–Trinajstić information content (AvgIpc) is 2.92. The molecule has 0 spiro atoms. The molecule has 0 saturated carbocycles. The molecule has 130 valence electrons. The second-order valence-electron chi connectivity index (χ2n) is 7.79. The first-order chi connectivity index (χ1) is 12.1. The van der Waals surface area contributed by atoms with E-state index in [-0.39, 0.29) is 0 Å². The fourth-order valence-corrected chi connectivity index (χ4v) is 4.27. The van der Waals surface area contributed by atoms with Gasteiger partial charge in [0.15, 0.2) is 0 Å². The Hall–Kier alpha value is -1.93. The molecule has 4 rings (SSSR count). The van der Waals surface area contributed by atoms with Crippen molar-refractivity contribution in [2.45, 2.75) is 44.8 Å². The molecule has 25 heavy (non-hydrogen) atoms. The molecule has 1 aliphatic heterocycles. The van der Waals surface area contributed by atoms with E-state index in [1.165, 1.54) is 27.8 Å². The van der Waals surface area contributed by atoms with Gasteiger partial charge in [-0.3, -0.25) is 4.90 Å². The molecule has 1 unspecified atom stereocenters. The van der Waals surface area contributed by atoms with Crippen molar-refractivity contribution in [2.75, 3.05) is 13.1 Å². The minimum Gasteiger partial charge on any atom is -0.295 e. The largest absolute Gasteiger partial charge is 0.295 e. The molecule has 0 radical (unpaired) electrons. The Kier molecular flexibility index (Phi) is 4.47. The van der Waals surface area contributed by atoms with Crippen LogP contribution >= 0.6 is 0 Å². The van der Waals surface area contributed by atoms with Gasteiger partial charge in [-0.05, 0) is 30.0 Å². The third kappa shape index (κ3) is 3.85. The normalized spacial score (nSPS) is 23.4. The summed E-state index contributed by atoms with van der Waals surface area (Å²) in [6.07, 6.45) is 5.01. The lowest BCUT2D eigenvalue weighted by Crippen LogP contribution is -2.31. The van der Waals surface area contributed by atoms with Crippen molar-refractivity contribution in [1.82, 2.24) is 4.90 Å². The third-order valence-electron chi connectivity index (χ3n) is 5.56. The number of fused-ring (bicyclic) bond motifs is 1. The van der Waals surface area contributed by atoms with Gasteiger partial charge in [0.2, 0.25) is 0 Å². The van der Waals surface area contributed by atoms with E-state index in [0.717, 1.165) is 26.1 Å². The highest BCUT2D eigenvalue weighted by Crippen LogP contribution is 2.39. The SMILES string of the molecule is Cc1ccc2c(c1)CC(F)(CC1=CCN(Cc3ccccc3)CC1)C2. The predicted molar refractivity (Wildman–Crippen MR) is 101 cm³/mol. The lowest BCUT2D eigenvalue weighted by atomic mass is 9.90. The fourth-order valence-electron chi connectivity index (χ4n) is 4.27. The molecule has 0 aromatic heterocycles. The topological polar surface area (TPSA) is 3.24 Å². The second-order valence-corrected chi connectivity index (χ2v) is 7.79. The van der Waals surface area contributed by atoms with Crippen LogP contribution in [-0.2, 0) is 19.4 Å². The summed E-state index contributed by atoms with van der Waals surface area (Å²) in [5, 5.41) is 0. The van der Waals surface area contributed by atoms with Crippen LogP contribution in [0.3, 0.4) is 0 Å². The lowest BCUT2D eigenvalue weighted by molar-refractivity contribution is 0.172. The maximum absolute atomic E-state index is 15.4. The summed E-state index contributed by atoms with van der Waals surface area (Å²) in [6, 6.07) is 17.0. The number of halogens is 1. The van der Waals surface area contributed by atoms with Crippen molar-refractivity contribution >= 4 is 0 Å². The molecule has 0 fully saturated rings. The number of nitrogens with zero attached hydrogens (tertiary/aromatic N) is 1. The van der Waals surface area contributed by atoms with Crippen LogP contribution in [0, 0.1) is 6.92 Å². The molecule has 0 saturated heterocycles. The van der Waals surface area contributed by atoms with Gasteiger partial charge in [0.05, 0.1) is 0 Å². The number of hydrogen-bond donors (Lipinski definition) is 0. The van der Waals surface area contributed by atoms with Gasteiger partial charge in [-0.15, -0.1) is 0 Å². The molecule has 0 N–H and O–H groups in total. The minimum atomic E-state index is -1.08. The van der Waals surface area contributed by atoms with E-state index in [0.29, 0.717) is 19.3 Å². The van der Waals surface area contributed by atoms with Crippen LogP contribution < -0.4 is 0 Å². The number of alkyl halides is 1. The highest BCUT2D eigenvalue weighted by atomic mass is 19.1. The van der Waals surface area contributed by atoms with Crippen molar-refractivity contribution in [3.05, 3.63) is 82.4 Å². The number of benzene rings is 2. The van der Waals surface area contributed by atoms with Crippen molar-refractivity contribution in [3.8, 4) is 0 Å². The summed E-state index contributed by atoms with van der Waals surface area (Å²) < 4.78 is 15.4. The van der Waals surface area contributed by atoms with Crippen molar-refractivity contribution < 1.29 is 4.39 Å². The second kappa shape index (κ2) is 6.76. The van der Waals surface area contributed by atoms with Gasteiger partial charge in [-0.25, -0.2) is 4.39 Å². The Bertz CT molecular complexity index is 780. The van der Waals surface area contributed by atoms with Crippen LogP contribution in [0.5, 0.6) is 0 Å². The van der Waals surface area contributed by atoms with E-state index < -0.39 is 5.67 Å². The summed E-state index contributed by atoms with van der Waals surface area (Å²) in [5.41, 5.74) is 5.22. The van der Waals surface area contributed by atoms with Gasteiger partial charge in [0, 0.05) is 38.9 Å². The third-order valence-corrected chi connectivity index (χ3v) is 5.56. The predicted octanol–water partition coefficient (Wildman–Crippen LogP) is 5.02. The molecule has 2 aliphatic rings. The van der Waals surface area contributed by atoms with Gasteiger partial charge in [0.25, 0.3) is 0 Å². The van der Waals surface area contributed by atoms with Crippen LogP contribution in [0.15, 0.2) is 60.2 Å². The van der Waals surface area contributed by atoms with Gasteiger partial charge in [0.1, 0.15) is 5.67 Å².